The van der Waals surface area contributed by atoms with E-state index in [0.717, 1.165) is 24.9 Å². The van der Waals surface area contributed by atoms with Crippen LogP contribution < -0.4 is 16.0 Å². The molecular weight excluding hydrogens is 432 g/mol. The molecule has 2 heterocycles. The number of nitrogens with one attached hydrogen (secondary N) is 3. The van der Waals surface area contributed by atoms with Gasteiger partial charge in [0.1, 0.15) is 6.04 Å². The lowest BCUT2D eigenvalue weighted by atomic mass is 9.85. The van der Waals surface area contributed by atoms with Crippen molar-refractivity contribution in [2.45, 2.75) is 71.1 Å². The van der Waals surface area contributed by atoms with Gasteiger partial charge in [0.25, 0.3) is 0 Å². The second kappa shape index (κ2) is 9.69. The van der Waals surface area contributed by atoms with Gasteiger partial charge in [-0.25, -0.2) is 0 Å². The van der Waals surface area contributed by atoms with Crippen molar-refractivity contribution in [1.82, 2.24) is 35.7 Å². The topological polar surface area (TPSA) is 117 Å². The maximum atomic E-state index is 13.8. The van der Waals surface area contributed by atoms with E-state index in [-0.39, 0.29) is 29.9 Å². The molecule has 4 rings (SSSR count). The number of amides is 2. The predicted molar refractivity (Wildman–Crippen MR) is 129 cm³/mol. The standard InChI is InChI=1S/C24H36N8O2/c1-15(25-5)21(33)27-20(24(2,3)4)22(34)31-14-13-16-11-12-18(19(16)31)26-23-28-29-30-32(23)17-9-7-6-8-10-17/h6-10,15-16,18-20,25H,11-14H2,1-5H3,(H,27,33)(H,26,28,30)/t15-,16+,18-,19-,20+/m0/s1. The molecule has 5 atom stereocenters. The zero-order chi connectivity index (χ0) is 24.5. The highest BCUT2D eigenvalue weighted by molar-refractivity contribution is 5.90. The Labute approximate surface area is 200 Å². The number of hydrogen-bond acceptors (Lipinski definition) is 7. The van der Waals surface area contributed by atoms with Gasteiger partial charge < -0.3 is 20.9 Å². The van der Waals surface area contributed by atoms with Gasteiger partial charge >= 0.3 is 0 Å². The van der Waals surface area contributed by atoms with Gasteiger partial charge in [0.05, 0.1) is 17.8 Å². The van der Waals surface area contributed by atoms with Crippen LogP contribution in [0.1, 0.15) is 47.0 Å². The highest BCUT2D eigenvalue weighted by Gasteiger charge is 2.49. The summed E-state index contributed by atoms with van der Waals surface area (Å²) in [6, 6.07) is 8.84. The lowest BCUT2D eigenvalue weighted by molar-refractivity contribution is -0.140. The molecule has 10 nitrogen and oxygen atoms in total. The Balaban J connectivity index is 1.54. The Hall–Kier alpha value is -3.01. The van der Waals surface area contributed by atoms with Crippen LogP contribution in [0.25, 0.3) is 5.69 Å². The van der Waals surface area contributed by atoms with Crippen LogP contribution in [0.5, 0.6) is 0 Å². The van der Waals surface area contributed by atoms with Crippen LogP contribution in [0.2, 0.25) is 0 Å². The van der Waals surface area contributed by atoms with E-state index in [1.807, 2.05) is 56.0 Å². The molecular formula is C24H36N8O2. The fourth-order valence-corrected chi connectivity index (χ4v) is 5.12. The number of likely N-dealkylation sites (tertiary alicyclic amines) is 1. The molecule has 2 fully saturated rings. The number of rotatable bonds is 7. The molecule has 2 aromatic rings. The van der Waals surface area contributed by atoms with Gasteiger partial charge in [0.15, 0.2) is 0 Å². The summed E-state index contributed by atoms with van der Waals surface area (Å²) in [5.74, 6) is 0.803. The minimum atomic E-state index is -0.606. The first-order valence-electron chi connectivity index (χ1n) is 12.1. The van der Waals surface area contributed by atoms with E-state index in [0.29, 0.717) is 18.4 Å². The van der Waals surface area contributed by atoms with E-state index in [1.54, 1.807) is 18.7 Å². The van der Waals surface area contributed by atoms with Crippen molar-refractivity contribution in [3.63, 3.8) is 0 Å². The van der Waals surface area contributed by atoms with Crippen LogP contribution in [-0.4, -0.2) is 74.7 Å². The van der Waals surface area contributed by atoms with Crippen LogP contribution in [0, 0.1) is 11.3 Å². The van der Waals surface area contributed by atoms with Gasteiger partial charge in [-0.3, -0.25) is 9.59 Å². The van der Waals surface area contributed by atoms with E-state index >= 15 is 0 Å². The molecule has 0 spiro atoms. The Kier molecular flexibility index (Phi) is 6.88. The third-order valence-corrected chi connectivity index (χ3v) is 7.14. The minimum Gasteiger partial charge on any atom is -0.348 e. The molecule has 1 saturated carbocycles. The van der Waals surface area contributed by atoms with Gasteiger partial charge in [-0.1, -0.05) is 44.1 Å². The zero-order valence-corrected chi connectivity index (χ0v) is 20.7. The lowest BCUT2D eigenvalue weighted by Crippen LogP contribution is -2.59. The van der Waals surface area contributed by atoms with Crippen LogP contribution in [0.3, 0.4) is 0 Å². The number of aromatic nitrogens is 4. The molecule has 10 heteroatoms. The van der Waals surface area contributed by atoms with Gasteiger partial charge in [-0.2, -0.15) is 4.68 Å². The number of benzene rings is 1. The second-order valence-corrected chi connectivity index (χ2v) is 10.5. The largest absolute Gasteiger partial charge is 0.348 e. The molecule has 1 aromatic carbocycles. The summed E-state index contributed by atoms with van der Waals surface area (Å²) in [6.07, 6.45) is 2.95. The molecule has 1 aromatic heterocycles. The summed E-state index contributed by atoms with van der Waals surface area (Å²) in [6.45, 7) is 8.46. The number of anilines is 1. The number of para-hydroxylation sites is 1. The third-order valence-electron chi connectivity index (χ3n) is 7.14. The number of hydrogen-bond donors (Lipinski definition) is 3. The monoisotopic (exact) mass is 468 g/mol. The number of likely N-dealkylation sites (N-methyl/N-ethyl adjacent to an activating group) is 1. The van der Waals surface area contributed by atoms with Gasteiger partial charge in [0.2, 0.25) is 17.8 Å². The van der Waals surface area contributed by atoms with E-state index in [4.69, 9.17) is 0 Å². The van der Waals surface area contributed by atoms with Gasteiger partial charge in [-0.05, 0) is 67.1 Å². The highest BCUT2D eigenvalue weighted by Crippen LogP contribution is 2.40. The summed E-state index contributed by atoms with van der Waals surface area (Å²) in [5, 5.41) is 21.7. The predicted octanol–water partition coefficient (Wildman–Crippen LogP) is 1.59. The third kappa shape index (κ3) is 4.77. The number of tetrazole rings is 1. The number of carbonyl (C=O) groups excluding carboxylic acids is 2. The molecule has 34 heavy (non-hydrogen) atoms. The fourth-order valence-electron chi connectivity index (χ4n) is 5.12. The average Bonchev–Trinajstić information content (AvgIpc) is 3.54. The van der Waals surface area contributed by atoms with Crippen LogP contribution in [-0.2, 0) is 9.59 Å². The van der Waals surface area contributed by atoms with Crippen molar-refractivity contribution in [3.8, 4) is 5.69 Å². The minimum absolute atomic E-state index is 0.0204. The summed E-state index contributed by atoms with van der Waals surface area (Å²) < 4.78 is 1.69. The number of carbonyl (C=O) groups is 2. The Bertz CT molecular complexity index is 1000. The fraction of sp³-hybridized carbons (Fsp3) is 0.625. The average molecular weight is 469 g/mol. The van der Waals surface area contributed by atoms with Gasteiger partial charge in [0, 0.05) is 12.6 Å². The summed E-state index contributed by atoms with van der Waals surface area (Å²) >= 11 is 0. The molecule has 0 unspecified atom stereocenters. The Morgan fingerprint density at radius 2 is 1.85 bits per heavy atom. The molecule has 184 valence electrons. The van der Waals surface area contributed by atoms with Crippen molar-refractivity contribution in [2.24, 2.45) is 11.3 Å². The summed E-state index contributed by atoms with van der Waals surface area (Å²) in [5.41, 5.74) is 0.454. The molecule has 2 amide bonds. The summed E-state index contributed by atoms with van der Waals surface area (Å²) in [4.78, 5) is 28.5. The van der Waals surface area contributed by atoms with Crippen LogP contribution in [0.4, 0.5) is 5.95 Å². The SMILES string of the molecule is CN[C@@H](C)C(=O)N[C@H](C(=O)N1CC[C@H]2CC[C@H](Nc3nnnn3-c3ccccc3)[C@H]21)C(C)(C)C. The van der Waals surface area contributed by atoms with Crippen molar-refractivity contribution in [3.05, 3.63) is 30.3 Å². The quantitative estimate of drug-likeness (QED) is 0.565. The second-order valence-electron chi connectivity index (χ2n) is 10.5. The van der Waals surface area contributed by atoms with Crippen molar-refractivity contribution in [2.75, 3.05) is 18.9 Å². The first kappa shape index (κ1) is 24.1. The van der Waals surface area contributed by atoms with E-state index in [2.05, 4.69) is 31.5 Å². The van der Waals surface area contributed by atoms with E-state index in [9.17, 15) is 9.59 Å². The highest BCUT2D eigenvalue weighted by atomic mass is 16.2. The first-order chi connectivity index (χ1) is 16.2. The van der Waals surface area contributed by atoms with Crippen LogP contribution >= 0.6 is 0 Å². The Morgan fingerprint density at radius 3 is 2.53 bits per heavy atom. The normalized spacial score (nSPS) is 23.9. The molecule has 1 aliphatic heterocycles. The van der Waals surface area contributed by atoms with Crippen molar-refractivity contribution in [1.29, 1.82) is 0 Å². The molecule has 2 aliphatic rings. The smallest absolute Gasteiger partial charge is 0.248 e. The van der Waals surface area contributed by atoms with Gasteiger partial charge in [-0.15, -0.1) is 0 Å². The van der Waals surface area contributed by atoms with E-state index in [1.165, 1.54) is 0 Å². The molecule has 0 bridgehead atoms. The molecule has 1 saturated heterocycles. The maximum Gasteiger partial charge on any atom is 0.248 e. The van der Waals surface area contributed by atoms with Crippen LogP contribution in [0.15, 0.2) is 30.3 Å². The van der Waals surface area contributed by atoms with Crippen molar-refractivity contribution >= 4 is 17.8 Å². The number of nitrogens with zero attached hydrogens (tertiary/aromatic N) is 5. The molecule has 1 aliphatic carbocycles. The van der Waals surface area contributed by atoms with Crippen molar-refractivity contribution < 1.29 is 9.59 Å². The molecule has 0 radical (unpaired) electrons. The Morgan fingerprint density at radius 1 is 1.12 bits per heavy atom. The number of fused-ring (bicyclic) bond motifs is 1. The lowest BCUT2D eigenvalue weighted by Gasteiger charge is -2.37. The molecule has 3 N–H and O–H groups in total. The first-order valence-corrected chi connectivity index (χ1v) is 12.1. The maximum absolute atomic E-state index is 13.8. The zero-order valence-electron chi connectivity index (χ0n) is 20.7. The summed E-state index contributed by atoms with van der Waals surface area (Å²) in [7, 11) is 1.74. The van der Waals surface area contributed by atoms with E-state index < -0.39 is 11.5 Å².